The van der Waals surface area contributed by atoms with Crippen LogP contribution in [0.2, 0.25) is 0 Å². The summed E-state index contributed by atoms with van der Waals surface area (Å²) in [5.41, 5.74) is 0.451. The molecule has 1 aromatic rings. The molecule has 2 heterocycles. The summed E-state index contributed by atoms with van der Waals surface area (Å²) in [6.45, 7) is 1.01. The zero-order valence-electron chi connectivity index (χ0n) is 13.4. The topological polar surface area (TPSA) is 104 Å². The second-order valence-corrected chi connectivity index (χ2v) is 7.48. The molecule has 9 heteroatoms. The van der Waals surface area contributed by atoms with Crippen LogP contribution in [0.15, 0.2) is 12.4 Å². The molecule has 1 saturated heterocycles. The summed E-state index contributed by atoms with van der Waals surface area (Å²) in [6, 6.07) is 0.0366. The van der Waals surface area contributed by atoms with Crippen molar-refractivity contribution in [2.24, 2.45) is 0 Å². The van der Waals surface area contributed by atoms with E-state index >= 15 is 0 Å². The molecule has 0 aliphatic carbocycles. The predicted molar refractivity (Wildman–Crippen MR) is 87.7 cm³/mol. The molecule has 1 aliphatic heterocycles. The number of carbonyl (C=O) groups excluding carboxylic acids is 1. The highest BCUT2D eigenvalue weighted by Crippen LogP contribution is 2.21. The fraction of sp³-hybridized carbons (Fsp3) is 0.643. The lowest BCUT2D eigenvalue weighted by Gasteiger charge is -2.35. The average Bonchev–Trinajstić information content (AvgIpc) is 2.53. The van der Waals surface area contributed by atoms with Crippen LogP contribution in [0.1, 0.15) is 36.0 Å². The fourth-order valence-electron chi connectivity index (χ4n) is 2.71. The molecular weight excluding hydrogens is 318 g/mol. The zero-order valence-corrected chi connectivity index (χ0v) is 14.3. The molecule has 23 heavy (non-hydrogen) atoms. The van der Waals surface area contributed by atoms with Crippen LogP contribution in [-0.4, -0.2) is 61.6 Å². The van der Waals surface area contributed by atoms with Crippen molar-refractivity contribution in [1.82, 2.24) is 19.6 Å². The number of aromatic nitrogens is 2. The number of likely N-dealkylation sites (tertiary alicyclic amines) is 1. The van der Waals surface area contributed by atoms with E-state index in [2.05, 4.69) is 20.0 Å². The summed E-state index contributed by atoms with van der Waals surface area (Å²) in [5.74, 6) is 0.366. The van der Waals surface area contributed by atoms with Crippen molar-refractivity contribution in [3.8, 4) is 0 Å². The Morgan fingerprint density at radius 3 is 2.65 bits per heavy atom. The molecule has 128 valence electrons. The molecule has 0 radical (unpaired) electrons. The fourth-order valence-corrected chi connectivity index (χ4v) is 3.20. The van der Waals surface area contributed by atoms with Crippen LogP contribution in [0.4, 0.5) is 5.95 Å². The molecule has 2 N–H and O–H groups in total. The van der Waals surface area contributed by atoms with E-state index in [1.54, 1.807) is 7.05 Å². The van der Waals surface area contributed by atoms with Gasteiger partial charge in [-0.3, -0.25) is 4.79 Å². The summed E-state index contributed by atoms with van der Waals surface area (Å²) in [6.07, 6.45) is 7.65. The van der Waals surface area contributed by atoms with Crippen LogP contribution in [0.5, 0.6) is 0 Å². The molecule has 1 amide bonds. The number of nitrogens with zero attached hydrogens (tertiary/aromatic N) is 3. The van der Waals surface area contributed by atoms with Gasteiger partial charge < -0.3 is 10.2 Å². The van der Waals surface area contributed by atoms with Crippen LogP contribution < -0.4 is 10.0 Å². The number of amides is 1. The van der Waals surface area contributed by atoms with Gasteiger partial charge in [-0.15, -0.1) is 0 Å². The van der Waals surface area contributed by atoms with E-state index in [1.165, 1.54) is 12.4 Å². The second kappa shape index (κ2) is 7.69. The Morgan fingerprint density at radius 2 is 2.04 bits per heavy atom. The van der Waals surface area contributed by atoms with Gasteiger partial charge in [-0.2, -0.15) is 0 Å². The Morgan fingerprint density at radius 1 is 1.35 bits per heavy atom. The van der Waals surface area contributed by atoms with E-state index in [-0.39, 0.29) is 11.9 Å². The summed E-state index contributed by atoms with van der Waals surface area (Å²) in [7, 11) is -1.49. The Balaban J connectivity index is 2.02. The van der Waals surface area contributed by atoms with Crippen LogP contribution in [-0.2, 0) is 10.0 Å². The van der Waals surface area contributed by atoms with Gasteiger partial charge in [-0.1, -0.05) is 0 Å². The summed E-state index contributed by atoms with van der Waals surface area (Å²) >= 11 is 0. The van der Waals surface area contributed by atoms with Gasteiger partial charge >= 0.3 is 0 Å². The van der Waals surface area contributed by atoms with Crippen LogP contribution >= 0.6 is 0 Å². The third-order valence-corrected chi connectivity index (χ3v) is 4.58. The highest BCUT2D eigenvalue weighted by atomic mass is 32.2. The van der Waals surface area contributed by atoms with Crippen LogP contribution in [0.25, 0.3) is 0 Å². The van der Waals surface area contributed by atoms with Gasteiger partial charge in [0.1, 0.15) is 0 Å². The number of anilines is 1. The summed E-state index contributed by atoms with van der Waals surface area (Å²) in [4.78, 5) is 22.6. The molecule has 1 aliphatic rings. The molecular formula is C14H23N5O3S. The lowest BCUT2D eigenvalue weighted by atomic mass is 9.98. The molecule has 0 aromatic carbocycles. The third-order valence-electron chi connectivity index (χ3n) is 3.85. The van der Waals surface area contributed by atoms with Crippen molar-refractivity contribution >= 4 is 21.9 Å². The van der Waals surface area contributed by atoms with Gasteiger partial charge in [0.25, 0.3) is 5.91 Å². The van der Waals surface area contributed by atoms with Crippen molar-refractivity contribution < 1.29 is 13.2 Å². The first kappa shape index (κ1) is 17.6. The second-order valence-electron chi connectivity index (χ2n) is 5.65. The van der Waals surface area contributed by atoms with Gasteiger partial charge in [-0.25, -0.2) is 23.1 Å². The van der Waals surface area contributed by atoms with E-state index in [4.69, 9.17) is 0 Å². The molecule has 1 atom stereocenters. The summed E-state index contributed by atoms with van der Waals surface area (Å²) in [5, 5.41) is 2.81. The first-order valence-electron chi connectivity index (χ1n) is 7.66. The van der Waals surface area contributed by atoms with E-state index < -0.39 is 10.0 Å². The Hall–Kier alpha value is -1.74. The molecule has 1 aromatic heterocycles. The molecule has 0 spiro atoms. The van der Waals surface area contributed by atoms with E-state index in [1.807, 2.05) is 4.90 Å². The molecule has 2 rings (SSSR count). The van der Waals surface area contributed by atoms with Gasteiger partial charge in [0.15, 0.2) is 0 Å². The van der Waals surface area contributed by atoms with Gasteiger partial charge in [0, 0.05) is 38.6 Å². The standard InChI is InChI=1S/C14H23N5O3S/c1-15-14-16-9-11(10-17-14)13(20)19-8-4-3-5-12(19)6-7-18-23(2,21)22/h9-10,12,18H,3-8H2,1-2H3,(H,15,16,17)/t12-/m1/s1. The highest BCUT2D eigenvalue weighted by molar-refractivity contribution is 7.88. The predicted octanol–water partition coefficient (Wildman–Crippen LogP) is 0.452. The maximum Gasteiger partial charge on any atom is 0.257 e. The quantitative estimate of drug-likeness (QED) is 0.778. The maximum atomic E-state index is 12.7. The number of sulfonamides is 1. The number of hydrogen-bond donors (Lipinski definition) is 2. The third kappa shape index (κ3) is 5.14. The lowest BCUT2D eigenvalue weighted by Crippen LogP contribution is -2.45. The van der Waals surface area contributed by atoms with Gasteiger partial charge in [0.05, 0.1) is 11.8 Å². The maximum absolute atomic E-state index is 12.7. The first-order valence-corrected chi connectivity index (χ1v) is 9.55. The van der Waals surface area contributed by atoms with Crippen molar-refractivity contribution in [3.63, 3.8) is 0 Å². The lowest BCUT2D eigenvalue weighted by molar-refractivity contribution is 0.0603. The minimum atomic E-state index is -3.20. The van der Waals surface area contributed by atoms with Crippen molar-refractivity contribution in [2.75, 3.05) is 31.7 Å². The number of hydrogen-bond acceptors (Lipinski definition) is 6. The monoisotopic (exact) mass is 341 g/mol. The Kier molecular flexibility index (Phi) is 5.89. The SMILES string of the molecule is CNc1ncc(C(=O)N2CCCC[C@@H]2CCNS(C)(=O)=O)cn1. The van der Waals surface area contributed by atoms with Crippen molar-refractivity contribution in [2.45, 2.75) is 31.7 Å². The van der Waals surface area contributed by atoms with E-state index in [9.17, 15) is 13.2 Å². The number of rotatable bonds is 6. The molecule has 1 fully saturated rings. The number of nitrogens with one attached hydrogen (secondary N) is 2. The minimum Gasteiger partial charge on any atom is -0.357 e. The van der Waals surface area contributed by atoms with E-state index in [0.29, 0.717) is 31.0 Å². The average molecular weight is 341 g/mol. The van der Waals surface area contributed by atoms with Gasteiger partial charge in [0.2, 0.25) is 16.0 Å². The minimum absolute atomic E-state index is 0.0366. The van der Waals surface area contributed by atoms with Gasteiger partial charge in [-0.05, 0) is 25.7 Å². The van der Waals surface area contributed by atoms with Crippen LogP contribution in [0.3, 0.4) is 0 Å². The molecule has 0 saturated carbocycles. The smallest absolute Gasteiger partial charge is 0.257 e. The highest BCUT2D eigenvalue weighted by Gasteiger charge is 2.27. The van der Waals surface area contributed by atoms with Crippen molar-refractivity contribution in [1.29, 1.82) is 0 Å². The normalized spacial score (nSPS) is 18.7. The Bertz CT molecular complexity index is 632. The summed E-state index contributed by atoms with van der Waals surface area (Å²) < 4.78 is 24.8. The largest absolute Gasteiger partial charge is 0.357 e. The molecule has 8 nitrogen and oxygen atoms in total. The molecule has 0 bridgehead atoms. The van der Waals surface area contributed by atoms with Crippen LogP contribution in [0, 0.1) is 0 Å². The first-order chi connectivity index (χ1) is 10.9. The zero-order chi connectivity index (χ0) is 16.9. The van der Waals surface area contributed by atoms with Crippen molar-refractivity contribution in [3.05, 3.63) is 18.0 Å². The molecule has 0 unspecified atom stereocenters. The number of carbonyl (C=O) groups is 1. The van der Waals surface area contributed by atoms with E-state index in [0.717, 1.165) is 25.5 Å². The Labute approximate surface area is 136 Å². The number of piperidine rings is 1.